The van der Waals surface area contributed by atoms with E-state index in [1.54, 1.807) is 17.8 Å². The number of aliphatic imine (C=N–C) groups is 1. The van der Waals surface area contributed by atoms with Crippen LogP contribution >= 0.6 is 11.8 Å². The average molecular weight is 416 g/mol. The lowest BCUT2D eigenvalue weighted by atomic mass is 9.99. The van der Waals surface area contributed by atoms with Crippen LogP contribution in [0.25, 0.3) is 11.9 Å². The molecule has 1 saturated carbocycles. The Bertz CT molecular complexity index is 962. The first-order valence-corrected chi connectivity index (χ1v) is 10.4. The van der Waals surface area contributed by atoms with Crippen LogP contribution in [0.15, 0.2) is 35.6 Å². The fourth-order valence-corrected chi connectivity index (χ4v) is 4.37. The van der Waals surface area contributed by atoms with Crippen molar-refractivity contribution in [2.24, 2.45) is 22.6 Å². The van der Waals surface area contributed by atoms with Crippen molar-refractivity contribution in [3.63, 3.8) is 0 Å². The molecule has 0 radical (unpaired) electrons. The zero-order valence-electron chi connectivity index (χ0n) is 16.2. The molecule has 5 nitrogen and oxygen atoms in total. The zero-order valence-corrected chi connectivity index (χ0v) is 17.0. The number of thioether (sulfide) groups is 1. The Morgan fingerprint density at radius 2 is 2.17 bits per heavy atom. The normalized spacial score (nSPS) is 23.6. The highest BCUT2D eigenvalue weighted by Crippen LogP contribution is 2.54. The number of aromatic nitrogens is 2. The van der Waals surface area contributed by atoms with Crippen molar-refractivity contribution in [1.82, 2.24) is 9.97 Å². The largest absolute Gasteiger partial charge is 0.476 e. The molecule has 2 heterocycles. The molecule has 1 aliphatic heterocycles. The Hall–Kier alpha value is -2.48. The van der Waals surface area contributed by atoms with Gasteiger partial charge in [-0.25, -0.2) is 18.7 Å². The van der Waals surface area contributed by atoms with Crippen molar-refractivity contribution in [3.8, 4) is 5.88 Å². The van der Waals surface area contributed by atoms with Crippen molar-refractivity contribution in [2.45, 2.75) is 31.6 Å². The quantitative estimate of drug-likeness (QED) is 0.744. The first-order valence-electron chi connectivity index (χ1n) is 9.52. The van der Waals surface area contributed by atoms with Gasteiger partial charge in [-0.2, -0.15) is 0 Å². The molecule has 2 aliphatic rings. The number of fused-ring (bicyclic) bond motifs is 1. The molecule has 1 fully saturated rings. The first-order chi connectivity index (χ1) is 13.9. The van der Waals surface area contributed by atoms with E-state index in [-0.39, 0.29) is 23.5 Å². The SMILES string of the molecule is CC(C)COc1cnc(/C(F)=C/c2ccc(F)c(C3N=C(N)SC4CC43)c2)cn1. The highest BCUT2D eigenvalue weighted by atomic mass is 32.2. The molecular formula is C21H22F2N4OS. The van der Waals surface area contributed by atoms with Crippen LogP contribution in [0.2, 0.25) is 0 Å². The maximum absolute atomic E-state index is 14.7. The van der Waals surface area contributed by atoms with Gasteiger partial charge in [-0.3, -0.25) is 4.99 Å². The number of nitrogens with zero attached hydrogens (tertiary/aromatic N) is 3. The zero-order chi connectivity index (χ0) is 20.5. The van der Waals surface area contributed by atoms with Gasteiger partial charge >= 0.3 is 0 Å². The summed E-state index contributed by atoms with van der Waals surface area (Å²) in [6, 6.07) is 4.19. The van der Waals surface area contributed by atoms with E-state index in [1.807, 2.05) is 13.8 Å². The van der Waals surface area contributed by atoms with Crippen LogP contribution in [-0.2, 0) is 0 Å². The van der Waals surface area contributed by atoms with E-state index < -0.39 is 5.83 Å². The summed E-state index contributed by atoms with van der Waals surface area (Å²) in [7, 11) is 0. The molecule has 1 aromatic heterocycles. The number of amidine groups is 1. The van der Waals surface area contributed by atoms with Crippen molar-refractivity contribution in [3.05, 3.63) is 53.2 Å². The van der Waals surface area contributed by atoms with Crippen molar-refractivity contribution in [1.29, 1.82) is 0 Å². The van der Waals surface area contributed by atoms with Crippen LogP contribution in [0.4, 0.5) is 8.78 Å². The van der Waals surface area contributed by atoms with E-state index in [9.17, 15) is 8.78 Å². The predicted molar refractivity (Wildman–Crippen MR) is 112 cm³/mol. The second-order valence-corrected chi connectivity index (χ2v) is 8.95. The highest BCUT2D eigenvalue weighted by molar-refractivity contribution is 8.14. The Labute approximate surface area is 172 Å². The molecule has 0 saturated heterocycles. The summed E-state index contributed by atoms with van der Waals surface area (Å²) in [4.78, 5) is 12.6. The van der Waals surface area contributed by atoms with Gasteiger partial charge in [-0.1, -0.05) is 31.7 Å². The minimum absolute atomic E-state index is 0.0892. The molecule has 29 heavy (non-hydrogen) atoms. The summed E-state index contributed by atoms with van der Waals surface area (Å²) in [5.74, 6) is 0.0817. The smallest absolute Gasteiger partial charge is 0.232 e. The Morgan fingerprint density at radius 1 is 1.34 bits per heavy atom. The fraction of sp³-hybridized carbons (Fsp3) is 0.381. The maximum atomic E-state index is 14.7. The Kier molecular flexibility index (Phi) is 5.54. The standard InChI is InChI=1S/C21H22F2N4OS/c1-11(2)10-28-19-9-25-17(8-26-19)16(23)6-12-3-4-15(22)13(5-12)20-14-7-18(14)29-21(24)27-20/h3-6,8-9,11,14,18,20H,7,10H2,1-2H3,(H2,24,27)/b16-6-. The van der Waals surface area contributed by atoms with E-state index in [0.29, 0.717) is 39.9 Å². The number of ether oxygens (including phenoxy) is 1. The van der Waals surface area contributed by atoms with E-state index in [2.05, 4.69) is 15.0 Å². The van der Waals surface area contributed by atoms with Crippen molar-refractivity contribution < 1.29 is 13.5 Å². The number of hydrogen-bond donors (Lipinski definition) is 1. The molecule has 1 aliphatic carbocycles. The van der Waals surface area contributed by atoms with Crippen molar-refractivity contribution in [2.75, 3.05) is 6.61 Å². The lowest BCUT2D eigenvalue weighted by molar-refractivity contribution is 0.260. The third-order valence-corrected chi connectivity index (χ3v) is 5.98. The van der Waals surface area contributed by atoms with Gasteiger partial charge in [-0.15, -0.1) is 0 Å². The van der Waals surface area contributed by atoms with Gasteiger partial charge < -0.3 is 10.5 Å². The highest BCUT2D eigenvalue weighted by Gasteiger charge is 2.48. The summed E-state index contributed by atoms with van der Waals surface area (Å²) in [5, 5.41) is 0.884. The second kappa shape index (κ2) is 8.10. The molecule has 4 rings (SSSR count). The Balaban J connectivity index is 1.54. The monoisotopic (exact) mass is 416 g/mol. The molecule has 3 atom stereocenters. The van der Waals surface area contributed by atoms with Gasteiger partial charge in [-0.05, 0) is 42.0 Å². The first kappa shape index (κ1) is 19.8. The fourth-order valence-electron chi connectivity index (χ4n) is 3.24. The molecule has 1 aromatic carbocycles. The van der Waals surface area contributed by atoms with Gasteiger partial charge in [0.05, 0.1) is 25.0 Å². The minimum Gasteiger partial charge on any atom is -0.476 e. The summed E-state index contributed by atoms with van der Waals surface area (Å²) in [5.41, 5.74) is 6.94. The molecular weight excluding hydrogens is 394 g/mol. The Morgan fingerprint density at radius 3 is 2.90 bits per heavy atom. The molecule has 2 N–H and O–H groups in total. The van der Waals surface area contributed by atoms with E-state index in [0.717, 1.165) is 6.42 Å². The number of hydrogen-bond acceptors (Lipinski definition) is 6. The molecule has 152 valence electrons. The topological polar surface area (TPSA) is 73.4 Å². The third kappa shape index (κ3) is 4.58. The third-order valence-electron chi connectivity index (χ3n) is 4.79. The van der Waals surface area contributed by atoms with Gasteiger partial charge in [0.25, 0.3) is 0 Å². The van der Waals surface area contributed by atoms with Crippen LogP contribution in [-0.4, -0.2) is 27.0 Å². The van der Waals surface area contributed by atoms with Gasteiger partial charge in [0.15, 0.2) is 11.0 Å². The summed E-state index contributed by atoms with van der Waals surface area (Å²) in [6.07, 6.45) is 5.00. The average Bonchev–Trinajstić information content (AvgIpc) is 3.47. The van der Waals surface area contributed by atoms with Crippen LogP contribution in [0.1, 0.15) is 43.1 Å². The predicted octanol–water partition coefficient (Wildman–Crippen LogP) is 4.61. The van der Waals surface area contributed by atoms with Crippen molar-refractivity contribution >= 4 is 28.8 Å². The van der Waals surface area contributed by atoms with E-state index in [4.69, 9.17) is 10.5 Å². The summed E-state index contributed by atoms with van der Waals surface area (Å²) >= 11 is 1.55. The summed E-state index contributed by atoms with van der Waals surface area (Å²) < 4.78 is 34.6. The van der Waals surface area contributed by atoms with E-state index >= 15 is 0 Å². The van der Waals surface area contributed by atoms with Gasteiger partial charge in [0, 0.05) is 10.8 Å². The number of benzene rings is 1. The van der Waals surface area contributed by atoms with Crippen LogP contribution in [0, 0.1) is 17.7 Å². The van der Waals surface area contributed by atoms with Gasteiger partial charge in [0.1, 0.15) is 11.5 Å². The minimum atomic E-state index is -0.558. The summed E-state index contributed by atoms with van der Waals surface area (Å²) in [6.45, 7) is 4.56. The van der Waals surface area contributed by atoms with Crippen LogP contribution in [0.5, 0.6) is 5.88 Å². The molecule has 3 unspecified atom stereocenters. The lowest BCUT2D eigenvalue weighted by Gasteiger charge is -2.19. The maximum Gasteiger partial charge on any atom is 0.232 e. The van der Waals surface area contributed by atoms with Gasteiger partial charge in [0.2, 0.25) is 5.88 Å². The molecule has 8 heteroatoms. The number of halogens is 2. The molecule has 0 spiro atoms. The molecule has 2 aromatic rings. The van der Waals surface area contributed by atoms with Crippen LogP contribution < -0.4 is 10.5 Å². The number of rotatable bonds is 6. The van der Waals surface area contributed by atoms with Crippen LogP contribution in [0.3, 0.4) is 0 Å². The molecule has 0 amide bonds. The number of nitrogens with two attached hydrogens (primary N) is 1. The second-order valence-electron chi connectivity index (χ2n) is 7.69. The van der Waals surface area contributed by atoms with E-state index in [1.165, 1.54) is 30.6 Å². The lowest BCUT2D eigenvalue weighted by Crippen LogP contribution is -2.17. The molecule has 0 bridgehead atoms.